The van der Waals surface area contributed by atoms with Crippen molar-refractivity contribution in [3.05, 3.63) is 41.2 Å². The molecule has 1 aromatic carbocycles. The lowest BCUT2D eigenvalue weighted by Crippen LogP contribution is -2.61. The Morgan fingerprint density at radius 1 is 1.30 bits per heavy atom. The van der Waals surface area contributed by atoms with Gasteiger partial charge in [0.2, 0.25) is 0 Å². The summed E-state index contributed by atoms with van der Waals surface area (Å²) < 4.78 is 0. The fourth-order valence-electron chi connectivity index (χ4n) is 3.34. The average Bonchev–Trinajstić information content (AvgIpc) is 3.18. The van der Waals surface area contributed by atoms with Gasteiger partial charge in [0.15, 0.2) is 5.69 Å². The molecule has 1 saturated heterocycles. The van der Waals surface area contributed by atoms with E-state index in [1.807, 2.05) is 0 Å². The van der Waals surface area contributed by atoms with Gasteiger partial charge in [0, 0.05) is 5.02 Å². The molecule has 2 heterocycles. The number of hydrogen-bond acceptors (Lipinski definition) is 5. The summed E-state index contributed by atoms with van der Waals surface area (Å²) in [6, 6.07) is 6.32. The maximum atomic E-state index is 12.5. The Morgan fingerprint density at radius 3 is 2.63 bits per heavy atom. The summed E-state index contributed by atoms with van der Waals surface area (Å²) >= 11 is 5.86. The smallest absolute Gasteiger partial charge is 0.322 e. The van der Waals surface area contributed by atoms with Crippen LogP contribution in [0.25, 0.3) is 5.69 Å². The van der Waals surface area contributed by atoms with Gasteiger partial charge in [-0.2, -0.15) is 9.90 Å². The van der Waals surface area contributed by atoms with Crippen LogP contribution in [0.5, 0.6) is 0 Å². The van der Waals surface area contributed by atoms with E-state index in [1.54, 1.807) is 24.3 Å². The molecule has 1 aliphatic heterocycles. The third kappa shape index (κ3) is 3.14. The number of hydrogen-bond donors (Lipinski definition) is 3. The topological polar surface area (TPSA) is 118 Å². The van der Waals surface area contributed by atoms with Crippen LogP contribution in [0.15, 0.2) is 30.5 Å². The molecule has 4 rings (SSSR count). The van der Waals surface area contributed by atoms with E-state index >= 15 is 0 Å². The molecule has 3 N–H and O–H groups in total. The van der Waals surface area contributed by atoms with Crippen molar-refractivity contribution in [2.24, 2.45) is 5.92 Å². The summed E-state index contributed by atoms with van der Waals surface area (Å²) in [4.78, 5) is 37.7. The largest absolute Gasteiger partial charge is 0.348 e. The van der Waals surface area contributed by atoms with Gasteiger partial charge in [-0.25, -0.2) is 4.79 Å². The second kappa shape index (κ2) is 6.66. The first-order chi connectivity index (χ1) is 13.0. The number of nitrogens with zero attached hydrogens (tertiary/aromatic N) is 3. The second-order valence-corrected chi connectivity index (χ2v) is 7.12. The van der Waals surface area contributed by atoms with Gasteiger partial charge >= 0.3 is 6.03 Å². The molecule has 2 fully saturated rings. The summed E-state index contributed by atoms with van der Waals surface area (Å²) in [6.45, 7) is 0.00186. The number of carbonyl (C=O) groups excluding carboxylic acids is 3. The summed E-state index contributed by atoms with van der Waals surface area (Å²) in [5, 5.41) is 16.5. The fourth-order valence-corrected chi connectivity index (χ4v) is 3.46. The van der Waals surface area contributed by atoms with Gasteiger partial charge in [-0.05, 0) is 43.0 Å². The van der Waals surface area contributed by atoms with E-state index in [2.05, 4.69) is 26.1 Å². The number of rotatable bonds is 5. The normalized spacial score (nSPS) is 22.1. The average molecular weight is 389 g/mol. The number of urea groups is 1. The molecule has 1 aromatic heterocycles. The molecule has 0 bridgehead atoms. The molecule has 4 amide bonds. The van der Waals surface area contributed by atoms with Crippen LogP contribution in [0.2, 0.25) is 5.02 Å². The Balaban J connectivity index is 1.47. The number of carbonyl (C=O) groups is 3. The molecule has 1 atom stereocenters. The lowest BCUT2D eigenvalue weighted by atomic mass is 9.70. The van der Waals surface area contributed by atoms with Crippen molar-refractivity contribution in [1.82, 2.24) is 30.9 Å². The van der Waals surface area contributed by atoms with Crippen LogP contribution < -0.4 is 16.0 Å². The van der Waals surface area contributed by atoms with Crippen LogP contribution >= 0.6 is 11.6 Å². The first kappa shape index (κ1) is 17.5. The summed E-state index contributed by atoms with van der Waals surface area (Å²) in [6.07, 6.45) is 4.00. The standard InChI is InChI=1S/C17H17ClN6O3/c18-11-4-6-12(7-5-11)24-20-8-13(23-24)14(25)19-9-17(10-2-1-3-10)15(26)21-16(27)22-17/h4-8,10H,1-3,9H2,(H,19,25)(H2,21,22,26,27). The predicted octanol–water partition coefficient (Wildman–Crippen LogP) is 1.03. The quantitative estimate of drug-likeness (QED) is 0.661. The van der Waals surface area contributed by atoms with E-state index in [-0.39, 0.29) is 18.2 Å². The van der Waals surface area contributed by atoms with Crippen LogP contribution in [0.4, 0.5) is 4.79 Å². The highest BCUT2D eigenvalue weighted by Gasteiger charge is 2.53. The minimum atomic E-state index is -1.10. The Kier molecular flexibility index (Phi) is 4.31. The zero-order valence-electron chi connectivity index (χ0n) is 14.2. The molecular weight excluding hydrogens is 372 g/mol. The zero-order valence-corrected chi connectivity index (χ0v) is 15.0. The Bertz CT molecular complexity index is 908. The number of aromatic nitrogens is 3. The van der Waals surface area contributed by atoms with Crippen molar-refractivity contribution < 1.29 is 14.4 Å². The molecule has 140 valence electrons. The van der Waals surface area contributed by atoms with Crippen molar-refractivity contribution in [3.8, 4) is 5.69 Å². The van der Waals surface area contributed by atoms with Gasteiger partial charge < -0.3 is 10.6 Å². The molecular formula is C17H17ClN6O3. The van der Waals surface area contributed by atoms with Gasteiger partial charge in [0.05, 0.1) is 18.4 Å². The molecule has 10 heteroatoms. The molecule has 0 spiro atoms. The summed E-state index contributed by atoms with van der Waals surface area (Å²) in [7, 11) is 0. The van der Waals surface area contributed by atoms with Crippen molar-refractivity contribution in [3.63, 3.8) is 0 Å². The number of halogens is 1. The molecule has 27 heavy (non-hydrogen) atoms. The van der Waals surface area contributed by atoms with Crippen LogP contribution in [-0.2, 0) is 4.79 Å². The monoisotopic (exact) mass is 388 g/mol. The highest BCUT2D eigenvalue weighted by molar-refractivity contribution is 6.30. The Labute approximate surface area is 159 Å². The van der Waals surface area contributed by atoms with E-state index in [4.69, 9.17) is 11.6 Å². The molecule has 9 nitrogen and oxygen atoms in total. The maximum Gasteiger partial charge on any atom is 0.322 e. The van der Waals surface area contributed by atoms with E-state index in [0.29, 0.717) is 10.7 Å². The highest BCUT2D eigenvalue weighted by atomic mass is 35.5. The zero-order chi connectivity index (χ0) is 19.0. The Hall–Kier alpha value is -2.94. The Morgan fingerprint density at radius 2 is 2.04 bits per heavy atom. The third-order valence-corrected chi connectivity index (χ3v) is 5.33. The van der Waals surface area contributed by atoms with Crippen molar-refractivity contribution in [2.75, 3.05) is 6.54 Å². The van der Waals surface area contributed by atoms with Gasteiger partial charge in [0.1, 0.15) is 5.54 Å². The SMILES string of the molecule is O=C1NC(=O)C(CNC(=O)c2cnn(-c3ccc(Cl)cc3)n2)(C2CCC2)N1. The molecule has 0 radical (unpaired) electrons. The lowest BCUT2D eigenvalue weighted by Gasteiger charge is -2.40. The fraction of sp³-hybridized carbons (Fsp3) is 0.353. The molecule has 1 unspecified atom stereocenters. The number of amides is 4. The van der Waals surface area contributed by atoms with Gasteiger partial charge in [-0.15, -0.1) is 5.10 Å². The van der Waals surface area contributed by atoms with Crippen molar-refractivity contribution in [1.29, 1.82) is 0 Å². The third-order valence-electron chi connectivity index (χ3n) is 5.08. The molecule has 2 aromatic rings. The van der Waals surface area contributed by atoms with Crippen LogP contribution in [0.3, 0.4) is 0 Å². The van der Waals surface area contributed by atoms with Gasteiger partial charge in [-0.1, -0.05) is 18.0 Å². The molecule has 2 aliphatic rings. The lowest BCUT2D eigenvalue weighted by molar-refractivity contribution is -0.126. The van der Waals surface area contributed by atoms with E-state index in [0.717, 1.165) is 19.3 Å². The van der Waals surface area contributed by atoms with Crippen LogP contribution in [0, 0.1) is 5.92 Å². The minimum absolute atomic E-state index is 0.00186. The highest BCUT2D eigenvalue weighted by Crippen LogP contribution is 2.37. The van der Waals surface area contributed by atoms with Crippen molar-refractivity contribution in [2.45, 2.75) is 24.8 Å². The first-order valence-electron chi connectivity index (χ1n) is 8.58. The number of nitrogens with one attached hydrogen (secondary N) is 3. The second-order valence-electron chi connectivity index (χ2n) is 6.69. The summed E-state index contributed by atoms with van der Waals surface area (Å²) in [5.74, 6) is -0.862. The minimum Gasteiger partial charge on any atom is -0.348 e. The van der Waals surface area contributed by atoms with Crippen molar-refractivity contribution >= 4 is 29.4 Å². The number of benzene rings is 1. The molecule has 1 aliphatic carbocycles. The number of imide groups is 1. The first-order valence-corrected chi connectivity index (χ1v) is 8.96. The van der Waals surface area contributed by atoms with Crippen LogP contribution in [-0.4, -0.2) is 44.9 Å². The summed E-state index contributed by atoms with van der Waals surface area (Å²) in [5.41, 5.74) is -0.331. The van der Waals surface area contributed by atoms with Gasteiger partial charge in [-0.3, -0.25) is 14.9 Å². The predicted molar refractivity (Wildman–Crippen MR) is 95.4 cm³/mol. The van der Waals surface area contributed by atoms with Gasteiger partial charge in [0.25, 0.3) is 11.8 Å². The van der Waals surface area contributed by atoms with Crippen LogP contribution in [0.1, 0.15) is 29.8 Å². The molecule has 1 saturated carbocycles. The van der Waals surface area contributed by atoms with E-state index in [9.17, 15) is 14.4 Å². The maximum absolute atomic E-state index is 12.5. The van der Waals surface area contributed by atoms with E-state index in [1.165, 1.54) is 11.0 Å². The van der Waals surface area contributed by atoms with E-state index < -0.39 is 23.4 Å².